The second kappa shape index (κ2) is 5.58. The van der Waals surface area contributed by atoms with Gasteiger partial charge < -0.3 is 10.0 Å². The molecule has 0 aromatic heterocycles. The Morgan fingerprint density at radius 1 is 1.20 bits per heavy atom. The molecule has 0 unspecified atom stereocenters. The SMILES string of the molecule is CN(C(=O)c1c(F)cc(Br)cc1F)c1cccc(O)c1. The maximum atomic E-state index is 13.8. The normalized spacial score (nSPS) is 10.4. The highest BCUT2D eigenvalue weighted by Gasteiger charge is 2.22. The third-order valence-electron chi connectivity index (χ3n) is 2.74. The largest absolute Gasteiger partial charge is 0.508 e. The number of benzene rings is 2. The molecule has 1 N–H and O–H groups in total. The van der Waals surface area contributed by atoms with Crippen molar-refractivity contribution in [2.24, 2.45) is 0 Å². The molecule has 20 heavy (non-hydrogen) atoms. The van der Waals surface area contributed by atoms with E-state index in [1.165, 1.54) is 25.2 Å². The van der Waals surface area contributed by atoms with Gasteiger partial charge in [0.15, 0.2) is 0 Å². The quantitative estimate of drug-likeness (QED) is 0.904. The van der Waals surface area contributed by atoms with Crippen LogP contribution in [0, 0.1) is 11.6 Å². The number of hydrogen-bond donors (Lipinski definition) is 1. The number of aromatic hydroxyl groups is 1. The Labute approximate surface area is 122 Å². The molecule has 0 aliphatic carbocycles. The summed E-state index contributed by atoms with van der Waals surface area (Å²) in [5.41, 5.74) is -0.309. The second-order valence-corrected chi connectivity index (χ2v) is 5.04. The van der Waals surface area contributed by atoms with E-state index in [-0.39, 0.29) is 10.2 Å². The van der Waals surface area contributed by atoms with Crippen molar-refractivity contribution >= 4 is 27.5 Å². The molecular formula is C14H10BrF2NO2. The van der Waals surface area contributed by atoms with Crippen LogP contribution in [0.5, 0.6) is 5.75 Å². The summed E-state index contributed by atoms with van der Waals surface area (Å²) >= 11 is 2.95. The number of halogens is 3. The minimum absolute atomic E-state index is 0.0427. The first kappa shape index (κ1) is 14.5. The van der Waals surface area contributed by atoms with Gasteiger partial charge in [0.2, 0.25) is 0 Å². The van der Waals surface area contributed by atoms with Gasteiger partial charge in [-0.3, -0.25) is 4.79 Å². The summed E-state index contributed by atoms with van der Waals surface area (Å²) < 4.78 is 27.7. The Kier molecular flexibility index (Phi) is 4.04. The molecule has 3 nitrogen and oxygen atoms in total. The van der Waals surface area contributed by atoms with E-state index in [4.69, 9.17) is 0 Å². The van der Waals surface area contributed by atoms with E-state index in [0.717, 1.165) is 17.0 Å². The van der Waals surface area contributed by atoms with Crippen molar-refractivity contribution in [2.75, 3.05) is 11.9 Å². The van der Waals surface area contributed by atoms with Gasteiger partial charge >= 0.3 is 0 Å². The van der Waals surface area contributed by atoms with Crippen LogP contribution in [0.2, 0.25) is 0 Å². The van der Waals surface area contributed by atoms with Crippen molar-refractivity contribution in [3.63, 3.8) is 0 Å². The fraction of sp³-hybridized carbons (Fsp3) is 0.0714. The van der Waals surface area contributed by atoms with Gasteiger partial charge in [0.25, 0.3) is 5.91 Å². The zero-order chi connectivity index (χ0) is 14.9. The monoisotopic (exact) mass is 341 g/mol. The van der Waals surface area contributed by atoms with Gasteiger partial charge in [-0.15, -0.1) is 0 Å². The number of amides is 1. The number of hydrogen-bond acceptors (Lipinski definition) is 2. The predicted molar refractivity (Wildman–Crippen MR) is 74.9 cm³/mol. The summed E-state index contributed by atoms with van der Waals surface area (Å²) in [4.78, 5) is 13.2. The zero-order valence-electron chi connectivity index (χ0n) is 10.4. The van der Waals surface area contributed by atoms with Crippen molar-refractivity contribution in [3.05, 3.63) is 58.1 Å². The van der Waals surface area contributed by atoms with Crippen LogP contribution in [-0.2, 0) is 0 Å². The van der Waals surface area contributed by atoms with E-state index in [0.29, 0.717) is 5.69 Å². The standard InChI is InChI=1S/C14H10BrF2NO2/c1-18(9-3-2-4-10(19)7-9)14(20)13-11(16)5-8(15)6-12(13)17/h2-7,19H,1H3. The first-order valence-electron chi connectivity index (χ1n) is 5.62. The molecule has 0 radical (unpaired) electrons. The molecule has 6 heteroatoms. The van der Waals surface area contributed by atoms with Gasteiger partial charge in [0.05, 0.1) is 0 Å². The van der Waals surface area contributed by atoms with Crippen LogP contribution in [-0.4, -0.2) is 18.1 Å². The smallest absolute Gasteiger partial charge is 0.263 e. The molecule has 2 aromatic rings. The Morgan fingerprint density at radius 3 is 2.35 bits per heavy atom. The summed E-state index contributed by atoms with van der Waals surface area (Å²) in [5, 5.41) is 9.37. The van der Waals surface area contributed by atoms with Gasteiger partial charge in [0.1, 0.15) is 22.9 Å². The lowest BCUT2D eigenvalue weighted by Gasteiger charge is -2.18. The molecule has 2 rings (SSSR count). The molecule has 0 saturated heterocycles. The first-order valence-corrected chi connectivity index (χ1v) is 6.41. The molecule has 0 aliphatic rings. The number of anilines is 1. The molecule has 2 aromatic carbocycles. The number of phenols is 1. The molecule has 0 heterocycles. The molecule has 0 aliphatic heterocycles. The number of phenolic OH excluding ortho intramolecular Hbond substituents is 1. The average Bonchev–Trinajstić information content (AvgIpc) is 2.36. The molecule has 0 saturated carbocycles. The first-order chi connectivity index (χ1) is 9.40. The summed E-state index contributed by atoms with van der Waals surface area (Å²) in [7, 11) is 1.37. The summed E-state index contributed by atoms with van der Waals surface area (Å²) in [6.07, 6.45) is 0. The van der Waals surface area contributed by atoms with Crippen LogP contribution in [0.15, 0.2) is 40.9 Å². The molecule has 1 amide bonds. The van der Waals surface area contributed by atoms with Crippen molar-refractivity contribution in [1.29, 1.82) is 0 Å². The molecular weight excluding hydrogens is 332 g/mol. The molecule has 104 valence electrons. The van der Waals surface area contributed by atoms with Crippen LogP contribution in [0.1, 0.15) is 10.4 Å². The average molecular weight is 342 g/mol. The summed E-state index contributed by atoms with van der Waals surface area (Å²) in [6.45, 7) is 0. The Hall–Kier alpha value is -1.95. The van der Waals surface area contributed by atoms with Gasteiger partial charge in [0, 0.05) is 23.3 Å². The highest BCUT2D eigenvalue weighted by Crippen LogP contribution is 2.24. The highest BCUT2D eigenvalue weighted by molar-refractivity contribution is 9.10. The van der Waals surface area contributed by atoms with E-state index >= 15 is 0 Å². The number of carbonyl (C=O) groups excluding carboxylic acids is 1. The lowest BCUT2D eigenvalue weighted by Crippen LogP contribution is -2.28. The molecule has 0 fully saturated rings. The zero-order valence-corrected chi connectivity index (χ0v) is 12.0. The topological polar surface area (TPSA) is 40.5 Å². The third kappa shape index (κ3) is 2.80. The van der Waals surface area contributed by atoms with E-state index in [2.05, 4.69) is 15.9 Å². The maximum Gasteiger partial charge on any atom is 0.263 e. The van der Waals surface area contributed by atoms with Crippen LogP contribution in [0.25, 0.3) is 0 Å². The summed E-state index contributed by atoms with van der Waals surface area (Å²) in [5.74, 6) is -2.78. The predicted octanol–water partition coefficient (Wildman–Crippen LogP) is 3.71. The fourth-order valence-corrected chi connectivity index (χ4v) is 2.14. The minimum Gasteiger partial charge on any atom is -0.508 e. The third-order valence-corrected chi connectivity index (χ3v) is 3.20. The van der Waals surface area contributed by atoms with Crippen molar-refractivity contribution in [1.82, 2.24) is 0 Å². The minimum atomic E-state index is -0.950. The lowest BCUT2D eigenvalue weighted by atomic mass is 10.1. The van der Waals surface area contributed by atoms with E-state index in [1.807, 2.05) is 0 Å². The number of nitrogens with zero attached hydrogens (tertiary/aromatic N) is 1. The molecule has 0 atom stereocenters. The van der Waals surface area contributed by atoms with Gasteiger partial charge in [-0.2, -0.15) is 0 Å². The summed E-state index contributed by atoms with van der Waals surface area (Å²) in [6, 6.07) is 7.88. The number of carbonyl (C=O) groups is 1. The van der Waals surface area contributed by atoms with Crippen LogP contribution in [0.4, 0.5) is 14.5 Å². The maximum absolute atomic E-state index is 13.8. The van der Waals surface area contributed by atoms with Crippen LogP contribution < -0.4 is 4.90 Å². The van der Waals surface area contributed by atoms with Gasteiger partial charge in [-0.1, -0.05) is 22.0 Å². The molecule has 0 spiro atoms. The highest BCUT2D eigenvalue weighted by atomic mass is 79.9. The van der Waals surface area contributed by atoms with Crippen molar-refractivity contribution in [2.45, 2.75) is 0 Å². The fourth-order valence-electron chi connectivity index (χ4n) is 1.73. The Balaban J connectivity index is 2.41. The Bertz CT molecular complexity index is 653. The Morgan fingerprint density at radius 2 is 1.80 bits per heavy atom. The van der Waals surface area contributed by atoms with Crippen molar-refractivity contribution in [3.8, 4) is 5.75 Å². The van der Waals surface area contributed by atoms with Gasteiger partial charge in [-0.25, -0.2) is 8.78 Å². The van der Waals surface area contributed by atoms with Gasteiger partial charge in [-0.05, 0) is 24.3 Å². The van der Waals surface area contributed by atoms with Crippen LogP contribution >= 0.6 is 15.9 Å². The number of rotatable bonds is 2. The van der Waals surface area contributed by atoms with E-state index < -0.39 is 23.1 Å². The van der Waals surface area contributed by atoms with Crippen LogP contribution in [0.3, 0.4) is 0 Å². The van der Waals surface area contributed by atoms with E-state index in [9.17, 15) is 18.7 Å². The second-order valence-electron chi connectivity index (χ2n) is 4.13. The lowest BCUT2D eigenvalue weighted by molar-refractivity contribution is 0.0985. The molecule has 0 bridgehead atoms. The van der Waals surface area contributed by atoms with Crippen molar-refractivity contribution < 1.29 is 18.7 Å². The van der Waals surface area contributed by atoms with E-state index in [1.54, 1.807) is 6.07 Å².